The number of phenolic OH excluding ortho intramolecular Hbond substituents is 2. The summed E-state index contributed by atoms with van der Waals surface area (Å²) in [6.07, 6.45) is -4.75. The van der Waals surface area contributed by atoms with E-state index in [4.69, 9.17) is 0 Å². The third-order valence-electron chi connectivity index (χ3n) is 2.69. The minimum Gasteiger partial charge on any atom is -0.508 e. The first-order valence-electron chi connectivity index (χ1n) is 5.57. The first-order chi connectivity index (χ1) is 9.66. The van der Waals surface area contributed by atoms with Crippen LogP contribution in [0, 0.1) is 10.1 Å². The molecule has 2 N–H and O–H groups in total. The highest BCUT2D eigenvalue weighted by molar-refractivity contribution is 5.70. The van der Waals surface area contributed by atoms with Gasteiger partial charge in [-0.15, -0.1) is 0 Å². The number of hydrogen-bond donors (Lipinski definition) is 2. The van der Waals surface area contributed by atoms with E-state index in [1.165, 1.54) is 0 Å². The van der Waals surface area contributed by atoms with Crippen molar-refractivity contribution in [3.8, 4) is 22.6 Å². The van der Waals surface area contributed by atoms with E-state index in [1.807, 2.05) is 0 Å². The number of nitro groups is 1. The predicted molar refractivity (Wildman–Crippen MR) is 66.9 cm³/mol. The van der Waals surface area contributed by atoms with Gasteiger partial charge in [-0.05, 0) is 29.3 Å². The summed E-state index contributed by atoms with van der Waals surface area (Å²) < 4.78 is 38.3. The fraction of sp³-hybridized carbons (Fsp3) is 0.0769. The molecule has 0 heterocycles. The second-order valence-electron chi connectivity index (χ2n) is 4.26. The van der Waals surface area contributed by atoms with Crippen LogP contribution in [0.25, 0.3) is 11.1 Å². The molecule has 0 amide bonds. The van der Waals surface area contributed by atoms with Crippen molar-refractivity contribution in [2.75, 3.05) is 0 Å². The predicted octanol–water partition coefficient (Wildman–Crippen LogP) is 3.69. The lowest BCUT2D eigenvalue weighted by molar-refractivity contribution is -0.385. The molecular weight excluding hydrogens is 291 g/mol. The number of hydrogen-bond acceptors (Lipinski definition) is 4. The highest BCUT2D eigenvalue weighted by atomic mass is 19.4. The topological polar surface area (TPSA) is 83.6 Å². The molecule has 0 saturated heterocycles. The van der Waals surface area contributed by atoms with Gasteiger partial charge in [0.15, 0.2) is 0 Å². The van der Waals surface area contributed by atoms with Gasteiger partial charge >= 0.3 is 6.18 Å². The lowest BCUT2D eigenvalue weighted by Crippen LogP contribution is -2.06. The Morgan fingerprint density at radius 2 is 1.43 bits per heavy atom. The van der Waals surface area contributed by atoms with Crippen LogP contribution in [0.3, 0.4) is 0 Å². The van der Waals surface area contributed by atoms with Gasteiger partial charge in [0.05, 0.1) is 10.5 Å². The van der Waals surface area contributed by atoms with Crippen LogP contribution in [0.1, 0.15) is 5.56 Å². The van der Waals surface area contributed by atoms with E-state index in [0.717, 1.165) is 24.3 Å². The number of benzene rings is 2. The number of nitrogens with zero attached hydrogens (tertiary/aromatic N) is 1. The summed E-state index contributed by atoms with van der Waals surface area (Å²) in [5.74, 6) is -0.741. The molecule has 0 spiro atoms. The summed E-state index contributed by atoms with van der Waals surface area (Å²) in [7, 11) is 0. The second-order valence-corrected chi connectivity index (χ2v) is 4.26. The van der Waals surface area contributed by atoms with E-state index in [0.29, 0.717) is 12.1 Å². The van der Waals surface area contributed by atoms with E-state index in [1.54, 1.807) is 0 Å². The molecular formula is C13H8F3NO4. The summed E-state index contributed by atoms with van der Waals surface area (Å²) in [5.41, 5.74) is -2.03. The summed E-state index contributed by atoms with van der Waals surface area (Å²) in [6, 6.07) is 5.25. The van der Waals surface area contributed by atoms with Crippen molar-refractivity contribution in [1.82, 2.24) is 0 Å². The van der Waals surface area contributed by atoms with Gasteiger partial charge in [-0.2, -0.15) is 13.2 Å². The molecule has 0 aliphatic rings. The maximum atomic E-state index is 12.8. The van der Waals surface area contributed by atoms with Gasteiger partial charge in [0.1, 0.15) is 11.5 Å². The standard InChI is InChI=1S/C13H8F3NO4/c14-13(15,16)9-1-7(2-10(5-9)17(20)21)8-3-11(18)6-12(19)4-8/h1-6,18-19H. The quantitative estimate of drug-likeness (QED) is 0.654. The SMILES string of the molecule is O=[N+]([O-])c1cc(-c2cc(O)cc(O)c2)cc(C(F)(F)F)c1. The van der Waals surface area contributed by atoms with Crippen LogP contribution in [0.4, 0.5) is 18.9 Å². The van der Waals surface area contributed by atoms with Gasteiger partial charge < -0.3 is 10.2 Å². The molecule has 2 rings (SSSR count). The van der Waals surface area contributed by atoms with E-state index in [-0.39, 0.29) is 22.6 Å². The lowest BCUT2D eigenvalue weighted by atomic mass is 10.0. The summed E-state index contributed by atoms with van der Waals surface area (Å²) in [4.78, 5) is 9.79. The van der Waals surface area contributed by atoms with Gasteiger partial charge in [-0.25, -0.2) is 0 Å². The van der Waals surface area contributed by atoms with Crippen LogP contribution < -0.4 is 0 Å². The molecule has 0 saturated carbocycles. The van der Waals surface area contributed by atoms with E-state index in [2.05, 4.69) is 0 Å². The Hall–Kier alpha value is -2.77. The van der Waals surface area contributed by atoms with Gasteiger partial charge in [0, 0.05) is 18.2 Å². The van der Waals surface area contributed by atoms with Crippen LogP contribution in [-0.2, 0) is 6.18 Å². The number of phenols is 2. The van der Waals surface area contributed by atoms with Crippen LogP contribution >= 0.6 is 0 Å². The van der Waals surface area contributed by atoms with Crippen LogP contribution in [-0.4, -0.2) is 15.1 Å². The molecule has 0 aliphatic heterocycles. The average molecular weight is 299 g/mol. The third kappa shape index (κ3) is 3.22. The van der Waals surface area contributed by atoms with Crippen LogP contribution in [0.5, 0.6) is 11.5 Å². The van der Waals surface area contributed by atoms with E-state index >= 15 is 0 Å². The zero-order valence-electron chi connectivity index (χ0n) is 10.3. The highest BCUT2D eigenvalue weighted by Gasteiger charge is 2.33. The molecule has 0 radical (unpaired) electrons. The van der Waals surface area contributed by atoms with E-state index < -0.39 is 22.4 Å². The van der Waals surface area contributed by atoms with Crippen LogP contribution in [0.15, 0.2) is 36.4 Å². The molecule has 5 nitrogen and oxygen atoms in total. The molecule has 0 aromatic heterocycles. The zero-order chi connectivity index (χ0) is 15.8. The van der Waals surface area contributed by atoms with Gasteiger partial charge in [0.2, 0.25) is 0 Å². The summed E-state index contributed by atoms with van der Waals surface area (Å²) in [6.45, 7) is 0. The number of non-ortho nitro benzene ring substituents is 1. The van der Waals surface area contributed by atoms with Gasteiger partial charge in [-0.3, -0.25) is 10.1 Å². The lowest BCUT2D eigenvalue weighted by Gasteiger charge is -2.10. The van der Waals surface area contributed by atoms with Crippen molar-refractivity contribution in [3.05, 3.63) is 52.1 Å². The normalized spacial score (nSPS) is 11.4. The smallest absolute Gasteiger partial charge is 0.416 e. The largest absolute Gasteiger partial charge is 0.508 e. The monoisotopic (exact) mass is 299 g/mol. The van der Waals surface area contributed by atoms with Crippen molar-refractivity contribution >= 4 is 5.69 Å². The molecule has 0 aliphatic carbocycles. The first-order valence-corrected chi connectivity index (χ1v) is 5.57. The molecule has 0 fully saturated rings. The number of aromatic hydroxyl groups is 2. The Morgan fingerprint density at radius 3 is 1.90 bits per heavy atom. The summed E-state index contributed by atoms with van der Waals surface area (Å²) in [5, 5.41) is 29.4. The van der Waals surface area contributed by atoms with Crippen molar-refractivity contribution in [2.24, 2.45) is 0 Å². The number of halogens is 3. The second kappa shape index (κ2) is 4.97. The van der Waals surface area contributed by atoms with Gasteiger partial charge in [-0.1, -0.05) is 0 Å². The Bertz CT molecular complexity index is 693. The first kappa shape index (κ1) is 14.6. The molecule has 0 atom stereocenters. The van der Waals surface area contributed by atoms with Crippen LogP contribution in [0.2, 0.25) is 0 Å². The Balaban J connectivity index is 2.67. The maximum Gasteiger partial charge on any atom is 0.416 e. The minimum atomic E-state index is -4.75. The summed E-state index contributed by atoms with van der Waals surface area (Å²) >= 11 is 0. The third-order valence-corrected chi connectivity index (χ3v) is 2.69. The fourth-order valence-electron chi connectivity index (χ4n) is 1.81. The Morgan fingerprint density at radius 1 is 0.905 bits per heavy atom. The van der Waals surface area contributed by atoms with Crippen molar-refractivity contribution < 1.29 is 28.3 Å². The number of alkyl halides is 3. The van der Waals surface area contributed by atoms with Crippen molar-refractivity contribution in [1.29, 1.82) is 0 Å². The van der Waals surface area contributed by atoms with Crippen molar-refractivity contribution in [2.45, 2.75) is 6.18 Å². The highest BCUT2D eigenvalue weighted by Crippen LogP contribution is 2.37. The maximum absolute atomic E-state index is 12.8. The Kier molecular flexibility index (Phi) is 3.46. The molecule has 0 unspecified atom stereocenters. The number of rotatable bonds is 2. The molecule has 2 aromatic carbocycles. The molecule has 21 heavy (non-hydrogen) atoms. The number of nitro benzene ring substituents is 1. The molecule has 0 bridgehead atoms. The Labute approximate surface area is 116 Å². The zero-order valence-corrected chi connectivity index (χ0v) is 10.3. The minimum absolute atomic E-state index is 0.0294. The van der Waals surface area contributed by atoms with Gasteiger partial charge in [0.25, 0.3) is 5.69 Å². The van der Waals surface area contributed by atoms with Crippen molar-refractivity contribution in [3.63, 3.8) is 0 Å². The van der Waals surface area contributed by atoms with E-state index in [9.17, 15) is 33.5 Å². The molecule has 110 valence electrons. The fourth-order valence-corrected chi connectivity index (χ4v) is 1.81. The molecule has 8 heteroatoms. The average Bonchev–Trinajstić information content (AvgIpc) is 2.36. The molecule has 2 aromatic rings.